The Hall–Kier alpha value is -0.890. The first kappa shape index (κ1) is 17.5. The van der Waals surface area contributed by atoms with Crippen LogP contribution in [0.5, 0.6) is 0 Å². The van der Waals surface area contributed by atoms with E-state index >= 15 is 0 Å². The van der Waals surface area contributed by atoms with Gasteiger partial charge in [-0.25, -0.2) is 8.78 Å². The molecule has 1 saturated heterocycles. The highest BCUT2D eigenvalue weighted by Crippen LogP contribution is 2.28. The molecule has 2 atom stereocenters. The summed E-state index contributed by atoms with van der Waals surface area (Å²) in [5.41, 5.74) is 5.94. The predicted octanol–water partition coefficient (Wildman–Crippen LogP) is 1.55. The van der Waals surface area contributed by atoms with Gasteiger partial charge in [-0.1, -0.05) is 6.42 Å². The summed E-state index contributed by atoms with van der Waals surface area (Å²) in [7, 11) is 0. The Labute approximate surface area is 127 Å². The average Bonchev–Trinajstić information content (AvgIpc) is 2.84. The van der Waals surface area contributed by atoms with Gasteiger partial charge in [0.25, 0.3) is 0 Å². The fourth-order valence-corrected chi connectivity index (χ4v) is 3.19. The second-order valence-corrected chi connectivity index (χ2v) is 6.28. The van der Waals surface area contributed by atoms with Crippen molar-refractivity contribution in [3.05, 3.63) is 0 Å². The zero-order chi connectivity index (χ0) is 16.3. The highest BCUT2D eigenvalue weighted by Gasteiger charge is 2.42. The second-order valence-electron chi connectivity index (χ2n) is 6.28. The van der Waals surface area contributed by atoms with E-state index in [0.29, 0.717) is 19.5 Å². The highest BCUT2D eigenvalue weighted by atomic mass is 19.3. The molecular weight excluding hydrogens is 302 g/mol. The van der Waals surface area contributed by atoms with Crippen molar-refractivity contribution in [2.75, 3.05) is 32.7 Å². The lowest BCUT2D eigenvalue weighted by atomic mass is 9.99. The van der Waals surface area contributed by atoms with Gasteiger partial charge in [0.1, 0.15) is 0 Å². The van der Waals surface area contributed by atoms with Crippen molar-refractivity contribution in [1.82, 2.24) is 9.80 Å². The van der Waals surface area contributed by atoms with Crippen LogP contribution in [-0.4, -0.2) is 66.8 Å². The fourth-order valence-electron chi connectivity index (χ4n) is 3.19. The smallest absolute Gasteiger partial charge is 0.319 e. The van der Waals surface area contributed by atoms with Crippen molar-refractivity contribution in [3.8, 4) is 0 Å². The van der Waals surface area contributed by atoms with Crippen molar-refractivity contribution < 1.29 is 22.4 Å². The van der Waals surface area contributed by atoms with E-state index in [1.165, 1.54) is 4.90 Å². The van der Waals surface area contributed by atoms with Gasteiger partial charge >= 0.3 is 12.3 Å². The minimum atomic E-state index is -4.00. The van der Waals surface area contributed by atoms with Gasteiger partial charge in [-0.2, -0.15) is 8.78 Å². The zero-order valence-corrected chi connectivity index (χ0v) is 12.5. The lowest BCUT2D eigenvalue weighted by molar-refractivity contribution is -0.148. The normalized spacial score (nSPS) is 27.6. The van der Waals surface area contributed by atoms with E-state index in [4.69, 9.17) is 5.73 Å². The summed E-state index contributed by atoms with van der Waals surface area (Å²) < 4.78 is 50.4. The second kappa shape index (κ2) is 7.12. The van der Waals surface area contributed by atoms with Crippen LogP contribution in [0.25, 0.3) is 0 Å². The van der Waals surface area contributed by atoms with E-state index < -0.39 is 18.9 Å². The molecule has 0 aromatic rings. The standard InChI is InChI=1S/C14H23F4N3O/c15-13(16)14(17,18)9-20-4-6-21(7-5-20)12(22)8-10-2-1-3-11(10)19/h10-11,13H,1-9,19H2/t10-,11+/m0/s1. The molecule has 2 fully saturated rings. The van der Waals surface area contributed by atoms with Crippen molar-refractivity contribution in [3.63, 3.8) is 0 Å². The molecule has 1 aliphatic heterocycles. The summed E-state index contributed by atoms with van der Waals surface area (Å²) in [5.74, 6) is -3.81. The number of hydrogen-bond acceptors (Lipinski definition) is 3. The first-order chi connectivity index (χ1) is 10.3. The van der Waals surface area contributed by atoms with Gasteiger partial charge in [-0.3, -0.25) is 9.69 Å². The van der Waals surface area contributed by atoms with E-state index in [9.17, 15) is 22.4 Å². The summed E-state index contributed by atoms with van der Waals surface area (Å²) in [6.45, 7) is 0.0515. The van der Waals surface area contributed by atoms with Gasteiger partial charge < -0.3 is 10.6 Å². The van der Waals surface area contributed by atoms with Crippen LogP contribution in [0, 0.1) is 5.92 Å². The quantitative estimate of drug-likeness (QED) is 0.780. The van der Waals surface area contributed by atoms with Crippen LogP contribution in [0.15, 0.2) is 0 Å². The number of alkyl halides is 4. The Kier molecular flexibility index (Phi) is 5.65. The van der Waals surface area contributed by atoms with Gasteiger partial charge in [0.15, 0.2) is 0 Å². The molecule has 4 nitrogen and oxygen atoms in total. The summed E-state index contributed by atoms with van der Waals surface area (Å²) in [6, 6.07) is 0.0648. The van der Waals surface area contributed by atoms with Crippen LogP contribution >= 0.6 is 0 Å². The molecule has 1 heterocycles. The average molecular weight is 325 g/mol. The molecule has 0 aromatic heterocycles. The van der Waals surface area contributed by atoms with Gasteiger partial charge in [-0.15, -0.1) is 0 Å². The fraction of sp³-hybridized carbons (Fsp3) is 0.929. The van der Waals surface area contributed by atoms with Crippen molar-refractivity contribution in [2.45, 2.75) is 44.1 Å². The molecule has 128 valence electrons. The number of halogens is 4. The Morgan fingerprint density at radius 3 is 2.32 bits per heavy atom. The predicted molar refractivity (Wildman–Crippen MR) is 73.9 cm³/mol. The number of amides is 1. The number of rotatable bonds is 5. The largest absolute Gasteiger partial charge is 0.340 e. The summed E-state index contributed by atoms with van der Waals surface area (Å²) in [6.07, 6.45) is -0.331. The number of nitrogens with zero attached hydrogens (tertiary/aromatic N) is 2. The monoisotopic (exact) mass is 325 g/mol. The van der Waals surface area contributed by atoms with Gasteiger partial charge in [0, 0.05) is 38.6 Å². The number of piperazine rings is 1. The summed E-state index contributed by atoms with van der Waals surface area (Å²) in [4.78, 5) is 15.1. The minimum Gasteiger partial charge on any atom is -0.340 e. The van der Waals surface area contributed by atoms with Crippen LogP contribution in [-0.2, 0) is 4.79 Å². The molecule has 8 heteroatoms. The first-order valence-electron chi connectivity index (χ1n) is 7.71. The topological polar surface area (TPSA) is 49.6 Å². The summed E-state index contributed by atoms with van der Waals surface area (Å²) in [5, 5.41) is 0. The molecule has 0 radical (unpaired) electrons. The SMILES string of the molecule is N[C@@H]1CCC[C@H]1CC(=O)N1CCN(CC(F)(F)C(F)F)CC1. The maximum atomic E-state index is 13.0. The van der Waals surface area contributed by atoms with Crippen LogP contribution in [0.2, 0.25) is 0 Å². The molecule has 1 saturated carbocycles. The molecule has 2 aliphatic rings. The molecule has 1 aliphatic carbocycles. The van der Waals surface area contributed by atoms with Gasteiger partial charge in [0.05, 0.1) is 6.54 Å². The third-order valence-electron chi connectivity index (χ3n) is 4.63. The Morgan fingerprint density at radius 1 is 1.18 bits per heavy atom. The summed E-state index contributed by atoms with van der Waals surface area (Å²) >= 11 is 0. The maximum absolute atomic E-state index is 13.0. The van der Waals surface area contributed by atoms with Crippen LogP contribution in [0.1, 0.15) is 25.7 Å². The number of hydrogen-bond donors (Lipinski definition) is 1. The number of carbonyl (C=O) groups excluding carboxylic acids is 1. The maximum Gasteiger partial charge on any atom is 0.319 e. The third kappa shape index (κ3) is 4.32. The minimum absolute atomic E-state index is 0.0115. The highest BCUT2D eigenvalue weighted by molar-refractivity contribution is 5.76. The molecule has 2 N–H and O–H groups in total. The van der Waals surface area contributed by atoms with Crippen molar-refractivity contribution >= 4 is 5.91 Å². The molecule has 0 aromatic carbocycles. The molecule has 0 spiro atoms. The van der Waals surface area contributed by atoms with Gasteiger partial charge in [0.2, 0.25) is 5.91 Å². The Bertz CT molecular complexity index is 386. The van der Waals surface area contributed by atoms with Crippen LogP contribution in [0.3, 0.4) is 0 Å². The lowest BCUT2D eigenvalue weighted by Crippen LogP contribution is -2.53. The molecular formula is C14H23F4N3O. The lowest BCUT2D eigenvalue weighted by Gasteiger charge is -2.36. The van der Waals surface area contributed by atoms with Crippen molar-refractivity contribution in [2.24, 2.45) is 11.7 Å². The molecule has 0 unspecified atom stereocenters. The number of carbonyl (C=O) groups is 1. The van der Waals surface area contributed by atoms with E-state index in [-0.39, 0.29) is 31.0 Å². The zero-order valence-electron chi connectivity index (χ0n) is 12.5. The van der Waals surface area contributed by atoms with Crippen LogP contribution in [0.4, 0.5) is 17.6 Å². The number of nitrogens with two attached hydrogens (primary N) is 1. The molecule has 1 amide bonds. The molecule has 0 bridgehead atoms. The third-order valence-corrected chi connectivity index (χ3v) is 4.63. The van der Waals surface area contributed by atoms with Crippen molar-refractivity contribution in [1.29, 1.82) is 0 Å². The van der Waals surface area contributed by atoms with Crippen LogP contribution < -0.4 is 5.73 Å². The molecule has 2 rings (SSSR count). The Balaban J connectivity index is 1.76. The molecule has 22 heavy (non-hydrogen) atoms. The van der Waals surface area contributed by atoms with E-state index in [2.05, 4.69) is 0 Å². The van der Waals surface area contributed by atoms with E-state index in [1.807, 2.05) is 0 Å². The first-order valence-corrected chi connectivity index (χ1v) is 7.71. The Morgan fingerprint density at radius 2 is 1.82 bits per heavy atom. The van der Waals surface area contributed by atoms with Gasteiger partial charge in [-0.05, 0) is 18.8 Å². The van der Waals surface area contributed by atoms with E-state index in [0.717, 1.165) is 19.3 Å². The van der Waals surface area contributed by atoms with E-state index in [1.54, 1.807) is 4.90 Å².